The number of hydrogen-bond acceptors (Lipinski definition) is 4. The zero-order valence-corrected chi connectivity index (χ0v) is 14.2. The van der Waals surface area contributed by atoms with E-state index >= 15 is 0 Å². The van der Waals surface area contributed by atoms with Crippen LogP contribution in [0.5, 0.6) is 0 Å². The number of hydrogen-bond donors (Lipinski definition) is 0. The largest absolute Gasteiger partial charge is 0.462 e. The molecule has 0 aliphatic heterocycles. The first-order valence-corrected chi connectivity index (χ1v) is 7.98. The Morgan fingerprint density at radius 3 is 2.64 bits per heavy atom. The van der Waals surface area contributed by atoms with E-state index in [4.69, 9.17) is 16.3 Å². The molecule has 1 aromatic carbocycles. The van der Waals surface area contributed by atoms with Crippen LogP contribution in [-0.4, -0.2) is 37.9 Å². The smallest absolute Gasteiger partial charge is 0.350 e. The van der Waals surface area contributed by atoms with Crippen LogP contribution in [0.3, 0.4) is 0 Å². The summed E-state index contributed by atoms with van der Waals surface area (Å²) in [5.74, 6) is -0.349. The summed E-state index contributed by atoms with van der Waals surface area (Å²) in [6.45, 7) is 2.12. The molecule has 0 saturated carbocycles. The molecule has 1 heterocycles. The number of halogens is 1. The molecular formula is C16H17ClN2O2S. The summed E-state index contributed by atoms with van der Waals surface area (Å²) >= 11 is 7.28. The van der Waals surface area contributed by atoms with Gasteiger partial charge in [0.2, 0.25) is 0 Å². The van der Waals surface area contributed by atoms with E-state index < -0.39 is 0 Å². The van der Waals surface area contributed by atoms with Gasteiger partial charge in [-0.25, -0.2) is 9.79 Å². The summed E-state index contributed by atoms with van der Waals surface area (Å²) in [6.07, 6.45) is 1.66. The Morgan fingerprint density at radius 1 is 1.36 bits per heavy atom. The molecule has 0 aliphatic rings. The SMILES string of the molecule is CCOC(=O)c1sc(-c2ccc(Cl)cc2)cc1/N=C/N(C)C. The van der Waals surface area contributed by atoms with Gasteiger partial charge in [0.1, 0.15) is 4.88 Å². The van der Waals surface area contributed by atoms with Crippen molar-refractivity contribution in [2.75, 3.05) is 20.7 Å². The number of rotatable bonds is 5. The Bertz CT molecular complexity index is 678. The minimum absolute atomic E-state index is 0.337. The van der Waals surface area contributed by atoms with Crippen LogP contribution in [0.4, 0.5) is 5.69 Å². The van der Waals surface area contributed by atoms with Gasteiger partial charge in [-0.3, -0.25) is 0 Å². The second-order valence-electron chi connectivity index (χ2n) is 4.76. The van der Waals surface area contributed by atoms with E-state index in [2.05, 4.69) is 4.99 Å². The van der Waals surface area contributed by atoms with Crippen LogP contribution in [0, 0.1) is 0 Å². The van der Waals surface area contributed by atoms with Crippen LogP contribution in [0.2, 0.25) is 5.02 Å². The maximum absolute atomic E-state index is 12.1. The third-order valence-corrected chi connectivity index (χ3v) is 4.14. The minimum atomic E-state index is -0.349. The van der Waals surface area contributed by atoms with Crippen molar-refractivity contribution in [3.63, 3.8) is 0 Å². The van der Waals surface area contributed by atoms with Crippen molar-refractivity contribution in [1.82, 2.24) is 4.90 Å². The van der Waals surface area contributed by atoms with Gasteiger partial charge >= 0.3 is 5.97 Å². The molecule has 0 unspecified atom stereocenters. The number of ether oxygens (including phenoxy) is 1. The van der Waals surface area contributed by atoms with Crippen molar-refractivity contribution in [3.8, 4) is 10.4 Å². The maximum atomic E-state index is 12.1. The summed E-state index contributed by atoms with van der Waals surface area (Å²) in [7, 11) is 3.75. The lowest BCUT2D eigenvalue weighted by atomic mass is 10.2. The van der Waals surface area contributed by atoms with Gasteiger partial charge in [-0.2, -0.15) is 0 Å². The van der Waals surface area contributed by atoms with Gasteiger partial charge in [0.25, 0.3) is 0 Å². The van der Waals surface area contributed by atoms with E-state index in [1.54, 1.807) is 13.3 Å². The van der Waals surface area contributed by atoms with Crippen molar-refractivity contribution in [3.05, 3.63) is 40.2 Å². The van der Waals surface area contributed by atoms with Crippen molar-refractivity contribution >= 4 is 40.9 Å². The van der Waals surface area contributed by atoms with Crippen LogP contribution < -0.4 is 0 Å². The van der Waals surface area contributed by atoms with Crippen molar-refractivity contribution < 1.29 is 9.53 Å². The van der Waals surface area contributed by atoms with Crippen LogP contribution in [0.1, 0.15) is 16.6 Å². The number of thiophene rings is 1. The topological polar surface area (TPSA) is 41.9 Å². The predicted octanol–water partition coefficient (Wildman–Crippen LogP) is 4.47. The van der Waals surface area contributed by atoms with Crippen molar-refractivity contribution in [2.45, 2.75) is 6.92 Å². The summed E-state index contributed by atoms with van der Waals surface area (Å²) < 4.78 is 5.11. The molecule has 0 fully saturated rings. The molecule has 0 N–H and O–H groups in total. The monoisotopic (exact) mass is 336 g/mol. The second kappa shape index (κ2) is 7.42. The Balaban J connectivity index is 2.42. The zero-order valence-electron chi connectivity index (χ0n) is 12.7. The van der Waals surface area contributed by atoms with E-state index in [1.165, 1.54) is 11.3 Å². The van der Waals surface area contributed by atoms with E-state index in [1.807, 2.05) is 49.3 Å². The van der Waals surface area contributed by atoms with Gasteiger partial charge in [-0.05, 0) is 30.7 Å². The van der Waals surface area contributed by atoms with Crippen LogP contribution >= 0.6 is 22.9 Å². The quantitative estimate of drug-likeness (QED) is 0.459. The van der Waals surface area contributed by atoms with E-state index in [-0.39, 0.29) is 5.97 Å². The summed E-state index contributed by atoms with van der Waals surface area (Å²) in [4.78, 5) is 19.7. The molecule has 0 radical (unpaired) electrons. The minimum Gasteiger partial charge on any atom is -0.462 e. The molecule has 0 atom stereocenters. The highest BCUT2D eigenvalue weighted by Crippen LogP contribution is 2.37. The molecule has 22 heavy (non-hydrogen) atoms. The van der Waals surface area contributed by atoms with E-state index in [9.17, 15) is 4.79 Å². The van der Waals surface area contributed by atoms with Gasteiger partial charge in [-0.1, -0.05) is 23.7 Å². The zero-order chi connectivity index (χ0) is 16.1. The van der Waals surface area contributed by atoms with E-state index in [0.29, 0.717) is 22.2 Å². The fraction of sp³-hybridized carbons (Fsp3) is 0.250. The number of carbonyl (C=O) groups is 1. The van der Waals surface area contributed by atoms with Crippen LogP contribution in [0.15, 0.2) is 35.3 Å². The lowest BCUT2D eigenvalue weighted by Gasteiger charge is -2.03. The average molecular weight is 337 g/mol. The highest BCUT2D eigenvalue weighted by Gasteiger charge is 2.18. The normalized spacial score (nSPS) is 10.9. The van der Waals surface area contributed by atoms with Crippen molar-refractivity contribution in [1.29, 1.82) is 0 Å². The van der Waals surface area contributed by atoms with Gasteiger partial charge < -0.3 is 9.64 Å². The molecule has 0 saturated heterocycles. The first-order chi connectivity index (χ1) is 10.5. The summed E-state index contributed by atoms with van der Waals surface area (Å²) in [5.41, 5.74) is 1.60. The Hall–Kier alpha value is -1.85. The number of esters is 1. The third-order valence-electron chi connectivity index (χ3n) is 2.73. The lowest BCUT2D eigenvalue weighted by Crippen LogP contribution is -2.07. The average Bonchev–Trinajstić information content (AvgIpc) is 2.90. The standard InChI is InChI=1S/C16H17ClN2O2S/c1-4-21-16(20)15-13(18-10-19(2)3)9-14(22-15)11-5-7-12(17)8-6-11/h5-10H,4H2,1-3H3/b18-10+. The fourth-order valence-electron chi connectivity index (χ4n) is 1.75. The number of benzene rings is 1. The van der Waals surface area contributed by atoms with Gasteiger partial charge in [0.15, 0.2) is 0 Å². The Morgan fingerprint density at radius 2 is 2.05 bits per heavy atom. The lowest BCUT2D eigenvalue weighted by molar-refractivity contribution is 0.0533. The molecule has 0 amide bonds. The second-order valence-corrected chi connectivity index (χ2v) is 6.25. The number of aliphatic imine (C=N–C) groups is 1. The molecule has 0 bridgehead atoms. The Labute approximate surface area is 139 Å². The summed E-state index contributed by atoms with van der Waals surface area (Å²) in [6, 6.07) is 9.37. The van der Waals surface area contributed by atoms with Crippen LogP contribution in [0.25, 0.3) is 10.4 Å². The van der Waals surface area contributed by atoms with Gasteiger partial charge in [-0.15, -0.1) is 11.3 Å². The highest BCUT2D eigenvalue weighted by atomic mass is 35.5. The van der Waals surface area contributed by atoms with Crippen molar-refractivity contribution in [2.24, 2.45) is 4.99 Å². The number of carbonyl (C=O) groups excluding carboxylic acids is 1. The molecule has 2 aromatic rings. The van der Waals surface area contributed by atoms with Gasteiger partial charge in [0, 0.05) is 24.0 Å². The van der Waals surface area contributed by atoms with E-state index in [0.717, 1.165) is 10.4 Å². The number of nitrogens with zero attached hydrogens (tertiary/aromatic N) is 2. The molecule has 0 spiro atoms. The predicted molar refractivity (Wildman–Crippen MR) is 92.6 cm³/mol. The highest BCUT2D eigenvalue weighted by molar-refractivity contribution is 7.18. The fourth-order valence-corrected chi connectivity index (χ4v) is 2.88. The molecule has 0 aliphatic carbocycles. The molecule has 6 heteroatoms. The molecule has 116 valence electrons. The first kappa shape index (κ1) is 16.5. The Kier molecular flexibility index (Phi) is 5.57. The molecule has 4 nitrogen and oxygen atoms in total. The maximum Gasteiger partial charge on any atom is 0.350 e. The molecule has 1 aromatic heterocycles. The molecule has 2 rings (SSSR count). The first-order valence-electron chi connectivity index (χ1n) is 6.78. The van der Waals surface area contributed by atoms with Gasteiger partial charge in [0.05, 0.1) is 18.6 Å². The summed E-state index contributed by atoms with van der Waals surface area (Å²) in [5, 5.41) is 0.678. The molecular weight excluding hydrogens is 320 g/mol. The third kappa shape index (κ3) is 4.08. The van der Waals surface area contributed by atoms with Crippen LogP contribution in [-0.2, 0) is 4.74 Å².